The number of allylic oxidation sites excluding steroid dienone is 2. The standard InChI is InChI=1S/C54H86O16/c1-14-27(2)51(57)67-43-22-33(21-34-15-16-37-36(53(34,43)9)17-19-52(8)35(28(3)55)18-20-54(37,52)58)38-23-40(60-11)48(30(5)63-38)69-45-25-42(62-13)50(32(7)65-45)70-46-26-41(61-12)49(31(6)66-46)68-44-24-39(59-10)47(56)29(4)64-44/h14-15,29-33,35-50,56,58H,16-26H2,1-13H3/b27-14+/t29-,30-,31-,32-,33-,35+,36+,37-,38-,39+,40+,41+,42+,43-,44+,45+,46+,47-,48-,49-,50-,52-,53+,54+/m1/s1. The lowest BCUT2D eigenvalue weighted by atomic mass is 9.44. The maximum atomic E-state index is 13.7. The van der Waals surface area contributed by atoms with E-state index in [2.05, 4.69) is 19.9 Å². The number of carbonyl (C=O) groups is 2. The number of Topliss-reactive ketones (excluding diaryl/α,β-unsaturated/α-hetero) is 1. The molecule has 8 rings (SSSR count). The summed E-state index contributed by atoms with van der Waals surface area (Å²) in [5, 5.41) is 23.2. The first-order valence-corrected chi connectivity index (χ1v) is 26.4. The number of hydrogen-bond donors (Lipinski definition) is 2. The molecular weight excluding hydrogens is 905 g/mol. The van der Waals surface area contributed by atoms with Crippen LogP contribution >= 0.6 is 0 Å². The number of hydrogen-bond acceptors (Lipinski definition) is 16. The number of ether oxygens (including phenoxy) is 12. The molecule has 4 aliphatic heterocycles. The number of fused-ring (bicyclic) bond motifs is 5. The number of carbonyl (C=O) groups excluding carboxylic acids is 2. The topological polar surface area (TPSA) is 185 Å². The van der Waals surface area contributed by atoms with Crippen molar-refractivity contribution in [1.82, 2.24) is 0 Å². The van der Waals surface area contributed by atoms with Crippen molar-refractivity contribution < 1.29 is 76.6 Å². The molecule has 0 aromatic carbocycles. The van der Waals surface area contributed by atoms with Gasteiger partial charge in [-0.2, -0.15) is 0 Å². The van der Waals surface area contributed by atoms with Gasteiger partial charge in [-0.05, 0) is 111 Å². The summed E-state index contributed by atoms with van der Waals surface area (Å²) in [6.07, 6.45) is 3.32. The minimum Gasteiger partial charge on any atom is -0.458 e. The van der Waals surface area contributed by atoms with Gasteiger partial charge >= 0.3 is 5.97 Å². The van der Waals surface area contributed by atoms with Crippen LogP contribution in [0.25, 0.3) is 0 Å². The molecule has 8 aliphatic rings. The normalized spacial score (nSPS) is 49.8. The maximum absolute atomic E-state index is 13.7. The van der Waals surface area contributed by atoms with Crippen LogP contribution in [0.5, 0.6) is 0 Å². The zero-order valence-corrected chi connectivity index (χ0v) is 44.2. The number of aliphatic hydroxyl groups excluding tert-OH is 1. The summed E-state index contributed by atoms with van der Waals surface area (Å²) in [6, 6.07) is 0. The van der Waals surface area contributed by atoms with Gasteiger partial charge in [-0.25, -0.2) is 4.79 Å². The second-order valence-electron chi connectivity index (χ2n) is 22.6. The molecule has 0 unspecified atom stereocenters. The van der Waals surface area contributed by atoms with Gasteiger partial charge in [0.1, 0.15) is 36.3 Å². The van der Waals surface area contributed by atoms with Crippen molar-refractivity contribution in [2.24, 2.45) is 34.5 Å². The number of aliphatic hydroxyl groups is 2. The second kappa shape index (κ2) is 21.8. The fraction of sp³-hybridized carbons (Fsp3) is 0.889. The van der Waals surface area contributed by atoms with Crippen LogP contribution in [0, 0.1) is 34.5 Å². The summed E-state index contributed by atoms with van der Waals surface area (Å²) < 4.78 is 76.1. The van der Waals surface area contributed by atoms with Crippen LogP contribution in [0.2, 0.25) is 0 Å². The molecule has 7 fully saturated rings. The van der Waals surface area contributed by atoms with E-state index >= 15 is 0 Å². The van der Waals surface area contributed by atoms with Crippen molar-refractivity contribution in [3.05, 3.63) is 23.3 Å². The van der Waals surface area contributed by atoms with Gasteiger partial charge in [-0.1, -0.05) is 31.6 Å². The van der Waals surface area contributed by atoms with Crippen molar-refractivity contribution in [3.63, 3.8) is 0 Å². The van der Waals surface area contributed by atoms with Gasteiger partial charge in [0.15, 0.2) is 18.9 Å². The van der Waals surface area contributed by atoms with Gasteiger partial charge in [-0.3, -0.25) is 4.79 Å². The molecule has 4 heterocycles. The lowest BCUT2D eigenvalue weighted by Gasteiger charge is -2.62. The first-order chi connectivity index (χ1) is 33.2. The van der Waals surface area contributed by atoms with Crippen molar-refractivity contribution in [1.29, 1.82) is 0 Å². The highest BCUT2D eigenvalue weighted by molar-refractivity contribution is 5.87. The van der Waals surface area contributed by atoms with Gasteiger partial charge in [-0.15, -0.1) is 0 Å². The Kier molecular flexibility index (Phi) is 16.9. The maximum Gasteiger partial charge on any atom is 0.333 e. The van der Waals surface area contributed by atoms with Crippen molar-refractivity contribution in [3.8, 4) is 0 Å². The fourth-order valence-electron chi connectivity index (χ4n) is 14.8. The molecule has 70 heavy (non-hydrogen) atoms. The Hall–Kier alpha value is -1.90. The Morgan fingerprint density at radius 3 is 1.73 bits per heavy atom. The van der Waals surface area contributed by atoms with E-state index in [1.54, 1.807) is 55.3 Å². The third-order valence-electron chi connectivity index (χ3n) is 19.1. The molecule has 0 aromatic rings. The first-order valence-electron chi connectivity index (χ1n) is 26.4. The molecule has 0 amide bonds. The smallest absolute Gasteiger partial charge is 0.333 e. The Morgan fingerprint density at radius 1 is 0.686 bits per heavy atom. The Labute approximate surface area is 416 Å². The Morgan fingerprint density at radius 2 is 1.20 bits per heavy atom. The summed E-state index contributed by atoms with van der Waals surface area (Å²) in [5.74, 6) is -0.200. The molecule has 0 bridgehead atoms. The van der Waals surface area contributed by atoms with Crippen molar-refractivity contribution in [2.45, 2.75) is 243 Å². The lowest BCUT2D eigenvalue weighted by Crippen LogP contribution is -2.63. The minimum atomic E-state index is -0.968. The lowest BCUT2D eigenvalue weighted by molar-refractivity contribution is -0.343. The highest BCUT2D eigenvalue weighted by Gasteiger charge is 2.69. The van der Waals surface area contributed by atoms with Crippen molar-refractivity contribution >= 4 is 11.8 Å². The van der Waals surface area contributed by atoms with Crippen LogP contribution in [-0.4, -0.2) is 160 Å². The summed E-state index contributed by atoms with van der Waals surface area (Å²) in [4.78, 5) is 26.6. The number of methoxy groups -OCH3 is 4. The molecule has 0 radical (unpaired) electrons. The van der Waals surface area contributed by atoms with E-state index in [4.69, 9.17) is 56.8 Å². The molecule has 2 N–H and O–H groups in total. The second-order valence-corrected chi connectivity index (χ2v) is 22.6. The molecule has 16 heteroatoms. The molecule has 0 aromatic heterocycles. The minimum absolute atomic E-state index is 0.0369. The van der Waals surface area contributed by atoms with Crippen LogP contribution in [0.15, 0.2) is 23.3 Å². The van der Waals surface area contributed by atoms with Crippen LogP contribution in [0.1, 0.15) is 133 Å². The first kappa shape index (κ1) is 54.4. The SMILES string of the molecule is C/C=C(\C)C(=O)O[C@@H]1C[C@H]([C@H]2C[C@H](OC)[C@H](O[C@H]3C[C@H](OC)[C@H](O[C@H]4C[C@H](OC)[C@H](O[C@H]5C[C@H](OC)[C@H](O)[C@@H](C)O5)[C@@H](C)O4)[C@@H](C)O3)[C@@H](C)O2)CC2=CC[C@@H]3[C@H](CC[C@]4(C)[C@H](C(C)=O)CC[C@]34O)[C@]21C. The van der Waals surface area contributed by atoms with Gasteiger partial charge in [0.05, 0.1) is 60.5 Å². The summed E-state index contributed by atoms with van der Waals surface area (Å²) in [5.41, 5.74) is -0.0881. The van der Waals surface area contributed by atoms with Gasteiger partial charge in [0.25, 0.3) is 0 Å². The van der Waals surface area contributed by atoms with Crippen molar-refractivity contribution in [2.75, 3.05) is 28.4 Å². The molecule has 24 atom stereocenters. The third-order valence-corrected chi connectivity index (χ3v) is 19.1. The number of esters is 1. The van der Waals surface area contributed by atoms with Crippen LogP contribution < -0.4 is 0 Å². The van der Waals surface area contributed by atoms with E-state index in [0.717, 1.165) is 25.7 Å². The van der Waals surface area contributed by atoms with Gasteiger partial charge in [0.2, 0.25) is 0 Å². The van der Waals surface area contributed by atoms with E-state index in [1.807, 2.05) is 27.7 Å². The van der Waals surface area contributed by atoms with E-state index < -0.39 is 90.2 Å². The quantitative estimate of drug-likeness (QED) is 0.109. The predicted octanol–water partition coefficient (Wildman–Crippen LogP) is 6.53. The molecular formula is C54H86O16. The highest BCUT2D eigenvalue weighted by atomic mass is 16.8. The monoisotopic (exact) mass is 991 g/mol. The Balaban J connectivity index is 0.912. The van der Waals surface area contributed by atoms with Crippen LogP contribution in [0.3, 0.4) is 0 Å². The van der Waals surface area contributed by atoms with E-state index in [-0.39, 0.29) is 65.9 Å². The third kappa shape index (κ3) is 9.91. The Bertz CT molecular complexity index is 1890. The zero-order chi connectivity index (χ0) is 50.6. The highest BCUT2D eigenvalue weighted by Crippen LogP contribution is 2.69. The van der Waals surface area contributed by atoms with E-state index in [0.29, 0.717) is 50.5 Å². The van der Waals surface area contributed by atoms with E-state index in [9.17, 15) is 19.8 Å². The van der Waals surface area contributed by atoms with Gasteiger partial charge in [0, 0.05) is 76.4 Å². The molecule has 398 valence electrons. The summed E-state index contributed by atoms with van der Waals surface area (Å²) in [6.45, 7) is 17.4. The van der Waals surface area contributed by atoms with Gasteiger partial charge < -0.3 is 67.1 Å². The molecule has 4 aliphatic carbocycles. The predicted molar refractivity (Wildman–Crippen MR) is 255 cm³/mol. The molecule has 0 spiro atoms. The molecule has 4 saturated heterocycles. The summed E-state index contributed by atoms with van der Waals surface area (Å²) >= 11 is 0. The van der Waals surface area contributed by atoms with Crippen LogP contribution in [-0.2, 0) is 66.4 Å². The largest absolute Gasteiger partial charge is 0.458 e. The summed E-state index contributed by atoms with van der Waals surface area (Å²) in [7, 11) is 6.60. The van der Waals surface area contributed by atoms with E-state index in [1.165, 1.54) is 5.57 Å². The van der Waals surface area contributed by atoms with Crippen LogP contribution in [0.4, 0.5) is 0 Å². The average molecular weight is 991 g/mol. The molecule has 3 saturated carbocycles. The molecule has 16 nitrogen and oxygen atoms in total. The average Bonchev–Trinajstić information content (AvgIpc) is 3.62. The fourth-order valence-corrected chi connectivity index (χ4v) is 14.8. The number of rotatable bonds is 14. The zero-order valence-electron chi connectivity index (χ0n) is 44.2. The number of ketones is 1.